The molecule has 17 heavy (non-hydrogen) atoms. The molecule has 1 heterocycles. The first-order chi connectivity index (χ1) is 8.22. The number of aliphatic hydroxyl groups is 1. The summed E-state index contributed by atoms with van der Waals surface area (Å²) in [5, 5.41) is 18.8. The van der Waals surface area contributed by atoms with E-state index in [2.05, 4.69) is 9.97 Å². The molecule has 1 aromatic heterocycles. The summed E-state index contributed by atoms with van der Waals surface area (Å²) >= 11 is 0. The Hall–Kier alpha value is -1.67. The van der Waals surface area contributed by atoms with Gasteiger partial charge in [-0.05, 0) is 18.9 Å². The molecule has 0 saturated heterocycles. The van der Waals surface area contributed by atoms with E-state index < -0.39 is 0 Å². The molecular formula is C12H16N4O. The van der Waals surface area contributed by atoms with E-state index in [1.165, 1.54) is 0 Å². The van der Waals surface area contributed by atoms with E-state index in [1.54, 1.807) is 12.3 Å². The number of rotatable bonds is 2. The quantitative estimate of drug-likeness (QED) is 0.826. The second kappa shape index (κ2) is 5.11. The zero-order chi connectivity index (χ0) is 12.3. The molecule has 5 nitrogen and oxygen atoms in total. The predicted octanol–water partition coefficient (Wildman–Crippen LogP) is 1.09. The standard InChI is InChI=1S/C12H16N4O/c1-16(10-4-2-3-5-11(10)17)12-14-7-6-9(8-13)15-12/h6-7,10-11,17H,2-5H2,1H3. The van der Waals surface area contributed by atoms with Gasteiger partial charge in [0, 0.05) is 13.2 Å². The van der Waals surface area contributed by atoms with Crippen LogP contribution in [0.15, 0.2) is 12.3 Å². The molecule has 1 saturated carbocycles. The Morgan fingerprint density at radius 1 is 1.47 bits per heavy atom. The molecule has 0 amide bonds. The number of nitriles is 1. The predicted molar refractivity (Wildman–Crippen MR) is 63.4 cm³/mol. The van der Waals surface area contributed by atoms with Gasteiger partial charge in [-0.15, -0.1) is 0 Å². The summed E-state index contributed by atoms with van der Waals surface area (Å²) in [5.41, 5.74) is 0.354. The molecule has 0 aliphatic heterocycles. The van der Waals surface area contributed by atoms with Crippen LogP contribution >= 0.6 is 0 Å². The monoisotopic (exact) mass is 232 g/mol. The Bertz CT molecular complexity index is 429. The van der Waals surface area contributed by atoms with Crippen molar-refractivity contribution in [2.24, 2.45) is 0 Å². The third-order valence-electron chi connectivity index (χ3n) is 3.26. The summed E-state index contributed by atoms with van der Waals surface area (Å²) in [6.07, 6.45) is 5.20. The van der Waals surface area contributed by atoms with Crippen molar-refractivity contribution >= 4 is 5.95 Å². The third kappa shape index (κ3) is 2.53. The fraction of sp³-hybridized carbons (Fsp3) is 0.583. The van der Waals surface area contributed by atoms with Crippen LogP contribution in [-0.2, 0) is 0 Å². The Kier molecular flexibility index (Phi) is 3.55. The van der Waals surface area contributed by atoms with Crippen molar-refractivity contribution in [2.45, 2.75) is 37.8 Å². The lowest BCUT2D eigenvalue weighted by Crippen LogP contribution is -2.44. The van der Waals surface area contributed by atoms with Gasteiger partial charge in [-0.3, -0.25) is 0 Å². The molecule has 1 aliphatic carbocycles. The molecule has 1 aliphatic rings. The van der Waals surface area contributed by atoms with Crippen LogP contribution in [0.4, 0.5) is 5.95 Å². The first-order valence-electron chi connectivity index (χ1n) is 5.86. The van der Waals surface area contributed by atoms with E-state index in [0.717, 1.165) is 25.7 Å². The average molecular weight is 232 g/mol. The van der Waals surface area contributed by atoms with E-state index in [9.17, 15) is 5.11 Å². The van der Waals surface area contributed by atoms with Crippen LogP contribution in [0.25, 0.3) is 0 Å². The minimum absolute atomic E-state index is 0.0534. The minimum atomic E-state index is -0.330. The van der Waals surface area contributed by atoms with E-state index in [1.807, 2.05) is 18.0 Å². The maximum atomic E-state index is 9.96. The van der Waals surface area contributed by atoms with Gasteiger partial charge in [0.1, 0.15) is 11.8 Å². The molecule has 1 N–H and O–H groups in total. The summed E-state index contributed by atoms with van der Waals surface area (Å²) in [6.45, 7) is 0. The summed E-state index contributed by atoms with van der Waals surface area (Å²) in [6, 6.07) is 3.63. The molecule has 2 atom stereocenters. The highest BCUT2D eigenvalue weighted by atomic mass is 16.3. The van der Waals surface area contributed by atoms with Gasteiger partial charge in [0.2, 0.25) is 5.95 Å². The van der Waals surface area contributed by atoms with Gasteiger partial charge in [-0.2, -0.15) is 5.26 Å². The van der Waals surface area contributed by atoms with Crippen LogP contribution < -0.4 is 4.90 Å². The zero-order valence-electron chi connectivity index (χ0n) is 9.87. The van der Waals surface area contributed by atoms with Crippen molar-refractivity contribution in [2.75, 3.05) is 11.9 Å². The Morgan fingerprint density at radius 2 is 2.24 bits per heavy atom. The molecule has 2 unspecified atom stereocenters. The molecule has 0 spiro atoms. The summed E-state index contributed by atoms with van der Waals surface area (Å²) < 4.78 is 0. The highest BCUT2D eigenvalue weighted by molar-refractivity contribution is 5.34. The second-order valence-corrected chi connectivity index (χ2v) is 4.38. The highest BCUT2D eigenvalue weighted by Crippen LogP contribution is 2.24. The smallest absolute Gasteiger partial charge is 0.226 e. The number of nitrogens with zero attached hydrogens (tertiary/aromatic N) is 4. The molecule has 5 heteroatoms. The lowest BCUT2D eigenvalue weighted by Gasteiger charge is -2.35. The Labute approximate surface area is 101 Å². The number of hydrogen-bond donors (Lipinski definition) is 1. The summed E-state index contributed by atoms with van der Waals surface area (Å²) in [4.78, 5) is 10.2. The van der Waals surface area contributed by atoms with E-state index in [4.69, 9.17) is 5.26 Å². The molecule has 0 aromatic carbocycles. The van der Waals surface area contributed by atoms with Crippen LogP contribution in [0, 0.1) is 11.3 Å². The number of hydrogen-bond acceptors (Lipinski definition) is 5. The molecule has 90 valence electrons. The first kappa shape index (κ1) is 11.8. The van der Waals surface area contributed by atoms with Crippen molar-refractivity contribution in [3.8, 4) is 6.07 Å². The Balaban J connectivity index is 2.18. The fourth-order valence-electron chi connectivity index (χ4n) is 2.27. The molecule has 1 fully saturated rings. The molecule has 0 radical (unpaired) electrons. The zero-order valence-corrected chi connectivity index (χ0v) is 9.87. The van der Waals surface area contributed by atoms with Crippen LogP contribution in [0.5, 0.6) is 0 Å². The maximum Gasteiger partial charge on any atom is 0.226 e. The number of aromatic nitrogens is 2. The van der Waals surface area contributed by atoms with Crippen molar-refractivity contribution in [3.05, 3.63) is 18.0 Å². The fourth-order valence-corrected chi connectivity index (χ4v) is 2.27. The first-order valence-corrected chi connectivity index (χ1v) is 5.86. The molecular weight excluding hydrogens is 216 g/mol. The van der Waals surface area contributed by atoms with Crippen LogP contribution in [0.3, 0.4) is 0 Å². The summed E-state index contributed by atoms with van der Waals surface area (Å²) in [7, 11) is 1.87. The van der Waals surface area contributed by atoms with Gasteiger partial charge in [0.15, 0.2) is 0 Å². The van der Waals surface area contributed by atoms with Crippen molar-refractivity contribution in [1.29, 1.82) is 5.26 Å². The third-order valence-corrected chi connectivity index (χ3v) is 3.26. The normalized spacial score (nSPS) is 24.1. The maximum absolute atomic E-state index is 9.96. The molecule has 0 bridgehead atoms. The van der Waals surface area contributed by atoms with Gasteiger partial charge < -0.3 is 10.0 Å². The summed E-state index contributed by atoms with van der Waals surface area (Å²) in [5.74, 6) is 0.509. The van der Waals surface area contributed by atoms with E-state index in [0.29, 0.717) is 11.6 Å². The van der Waals surface area contributed by atoms with Crippen LogP contribution in [-0.4, -0.2) is 34.3 Å². The average Bonchev–Trinajstić information content (AvgIpc) is 2.38. The van der Waals surface area contributed by atoms with E-state index in [-0.39, 0.29) is 12.1 Å². The van der Waals surface area contributed by atoms with Gasteiger partial charge in [0.25, 0.3) is 0 Å². The Morgan fingerprint density at radius 3 is 2.94 bits per heavy atom. The van der Waals surface area contributed by atoms with Gasteiger partial charge in [-0.1, -0.05) is 12.8 Å². The minimum Gasteiger partial charge on any atom is -0.391 e. The van der Waals surface area contributed by atoms with Gasteiger partial charge >= 0.3 is 0 Å². The number of aliphatic hydroxyl groups excluding tert-OH is 1. The molecule has 2 rings (SSSR count). The lowest BCUT2D eigenvalue weighted by atomic mass is 9.92. The number of likely N-dealkylation sites (N-methyl/N-ethyl adjacent to an activating group) is 1. The van der Waals surface area contributed by atoms with Gasteiger partial charge in [-0.25, -0.2) is 9.97 Å². The largest absolute Gasteiger partial charge is 0.391 e. The highest BCUT2D eigenvalue weighted by Gasteiger charge is 2.27. The van der Waals surface area contributed by atoms with Crippen molar-refractivity contribution in [1.82, 2.24) is 9.97 Å². The van der Waals surface area contributed by atoms with Crippen LogP contribution in [0.2, 0.25) is 0 Å². The van der Waals surface area contributed by atoms with E-state index >= 15 is 0 Å². The molecule has 1 aromatic rings. The number of anilines is 1. The van der Waals surface area contributed by atoms with Crippen molar-refractivity contribution < 1.29 is 5.11 Å². The topological polar surface area (TPSA) is 73.0 Å². The second-order valence-electron chi connectivity index (χ2n) is 4.38. The lowest BCUT2D eigenvalue weighted by molar-refractivity contribution is 0.105. The van der Waals surface area contributed by atoms with Crippen molar-refractivity contribution in [3.63, 3.8) is 0 Å². The van der Waals surface area contributed by atoms with Crippen LogP contribution in [0.1, 0.15) is 31.4 Å². The SMILES string of the molecule is CN(c1nccc(C#N)n1)C1CCCCC1O. The van der Waals surface area contributed by atoms with Gasteiger partial charge in [0.05, 0.1) is 12.1 Å².